The van der Waals surface area contributed by atoms with E-state index in [-0.39, 0.29) is 19.2 Å². The van der Waals surface area contributed by atoms with Crippen LogP contribution in [0.1, 0.15) is 0 Å². The van der Waals surface area contributed by atoms with E-state index in [1.165, 1.54) is 0 Å². The van der Waals surface area contributed by atoms with Crippen LogP contribution in [0, 0.1) is 0 Å². The molecule has 4 nitrogen and oxygen atoms in total. The van der Waals surface area contributed by atoms with Crippen molar-refractivity contribution in [3.05, 3.63) is 0 Å². The van der Waals surface area contributed by atoms with Gasteiger partial charge in [0.1, 0.15) is 6.79 Å². The molecule has 68 valence electrons. The van der Waals surface area contributed by atoms with Crippen LogP contribution in [0.15, 0.2) is 0 Å². The third kappa shape index (κ3) is 10.4. The molecule has 0 bridgehead atoms. The number of hydrogen-bond acceptors (Lipinski definition) is 5. The Morgan fingerprint density at radius 1 is 1.36 bits per heavy atom. The molecule has 0 aromatic heterocycles. The molecule has 0 N–H and O–H groups in total. The van der Waals surface area contributed by atoms with Gasteiger partial charge in [0.05, 0.1) is 13.2 Å². The Morgan fingerprint density at radius 3 is 2.55 bits per heavy atom. The average molecular weight is 199 g/mol. The van der Waals surface area contributed by atoms with Crippen LogP contribution in [-0.4, -0.2) is 40.3 Å². The van der Waals surface area contributed by atoms with Crippen LogP contribution >= 0.6 is 12.6 Å². The molecule has 0 amide bonds. The molecule has 0 aliphatic rings. The standard InChI is InChI=1S/C5H12O4S2/c6-11(7)4-2-9-5-8-1-3-10/h10H,1-5H2,(H,6,7)/p-1. The first-order valence-corrected chi connectivity index (χ1v) is 4.97. The highest BCUT2D eigenvalue weighted by atomic mass is 32.2. The van der Waals surface area contributed by atoms with E-state index < -0.39 is 11.1 Å². The van der Waals surface area contributed by atoms with Crippen molar-refractivity contribution in [1.29, 1.82) is 0 Å². The fraction of sp³-hybridized carbons (Fsp3) is 1.00. The van der Waals surface area contributed by atoms with Gasteiger partial charge in [0.15, 0.2) is 0 Å². The van der Waals surface area contributed by atoms with Crippen molar-refractivity contribution >= 4 is 23.7 Å². The first-order chi connectivity index (χ1) is 5.27. The lowest BCUT2D eigenvalue weighted by molar-refractivity contribution is -0.0428. The Kier molecular flexibility index (Phi) is 8.77. The molecular formula is C5H11O4S2-. The van der Waals surface area contributed by atoms with Crippen LogP contribution < -0.4 is 0 Å². The van der Waals surface area contributed by atoms with E-state index >= 15 is 0 Å². The Balaban J connectivity index is 2.85. The van der Waals surface area contributed by atoms with Crippen LogP contribution in [0.5, 0.6) is 0 Å². The third-order valence-electron chi connectivity index (χ3n) is 0.797. The van der Waals surface area contributed by atoms with Crippen molar-refractivity contribution in [3.63, 3.8) is 0 Å². The summed E-state index contributed by atoms with van der Waals surface area (Å²) in [5, 5.41) is 0. The molecule has 0 saturated carbocycles. The van der Waals surface area contributed by atoms with Gasteiger partial charge >= 0.3 is 0 Å². The lowest BCUT2D eigenvalue weighted by atomic mass is 10.8. The monoisotopic (exact) mass is 199 g/mol. The highest BCUT2D eigenvalue weighted by Gasteiger charge is 1.87. The number of thiol groups is 1. The van der Waals surface area contributed by atoms with Crippen molar-refractivity contribution in [3.8, 4) is 0 Å². The van der Waals surface area contributed by atoms with Gasteiger partial charge in [-0.15, -0.1) is 0 Å². The van der Waals surface area contributed by atoms with E-state index in [1.54, 1.807) is 0 Å². The van der Waals surface area contributed by atoms with Gasteiger partial charge in [-0.3, -0.25) is 4.21 Å². The SMILES string of the molecule is O=S([O-])CCOCOCCS. The van der Waals surface area contributed by atoms with Gasteiger partial charge in [0.2, 0.25) is 0 Å². The van der Waals surface area contributed by atoms with Crippen molar-refractivity contribution in [1.82, 2.24) is 0 Å². The summed E-state index contributed by atoms with van der Waals surface area (Å²) < 4.78 is 29.6. The van der Waals surface area contributed by atoms with Gasteiger partial charge < -0.3 is 14.0 Å². The lowest BCUT2D eigenvalue weighted by Crippen LogP contribution is -2.08. The normalized spacial score (nSPS) is 13.3. The van der Waals surface area contributed by atoms with Gasteiger partial charge in [0, 0.05) is 11.5 Å². The summed E-state index contributed by atoms with van der Waals surface area (Å²) in [4.78, 5) is 0. The van der Waals surface area contributed by atoms with Gasteiger partial charge in [-0.2, -0.15) is 12.6 Å². The zero-order chi connectivity index (χ0) is 8.53. The van der Waals surface area contributed by atoms with Crippen LogP contribution in [0.4, 0.5) is 0 Å². The van der Waals surface area contributed by atoms with Crippen molar-refractivity contribution in [2.45, 2.75) is 0 Å². The predicted molar refractivity (Wildman–Crippen MR) is 44.4 cm³/mol. The minimum absolute atomic E-state index is 0.0181. The highest BCUT2D eigenvalue weighted by Crippen LogP contribution is 1.82. The van der Waals surface area contributed by atoms with Crippen molar-refractivity contribution in [2.24, 2.45) is 0 Å². The summed E-state index contributed by atoms with van der Waals surface area (Å²) >= 11 is 1.88. The number of hydrogen-bond donors (Lipinski definition) is 1. The van der Waals surface area contributed by atoms with Crippen molar-refractivity contribution < 1.29 is 18.2 Å². The molecule has 0 aromatic rings. The Bertz CT molecular complexity index is 109. The minimum atomic E-state index is -2.02. The molecular weight excluding hydrogens is 188 g/mol. The van der Waals surface area contributed by atoms with Crippen molar-refractivity contribution in [2.75, 3.05) is 31.5 Å². The Hall–Kier alpha value is 0.380. The maximum absolute atomic E-state index is 9.96. The molecule has 0 fully saturated rings. The zero-order valence-corrected chi connectivity index (χ0v) is 7.73. The molecule has 0 aromatic carbocycles. The van der Waals surface area contributed by atoms with Crippen LogP contribution in [0.2, 0.25) is 0 Å². The fourth-order valence-corrected chi connectivity index (χ4v) is 0.751. The van der Waals surface area contributed by atoms with E-state index in [2.05, 4.69) is 12.6 Å². The van der Waals surface area contributed by atoms with Gasteiger partial charge in [-0.1, -0.05) is 11.1 Å². The second-order valence-corrected chi connectivity index (χ2v) is 3.13. The summed E-state index contributed by atoms with van der Waals surface area (Å²) in [5.41, 5.74) is 0. The molecule has 0 aliphatic carbocycles. The number of rotatable bonds is 7. The van der Waals surface area contributed by atoms with E-state index in [1.807, 2.05) is 0 Å². The average Bonchev–Trinajstić information content (AvgIpc) is 1.96. The minimum Gasteiger partial charge on any atom is -0.772 e. The molecule has 0 saturated heterocycles. The van der Waals surface area contributed by atoms with E-state index in [4.69, 9.17) is 9.47 Å². The smallest absolute Gasteiger partial charge is 0.146 e. The van der Waals surface area contributed by atoms with Gasteiger partial charge in [-0.05, 0) is 0 Å². The quantitative estimate of drug-likeness (QED) is 0.267. The van der Waals surface area contributed by atoms with Gasteiger partial charge in [-0.25, -0.2) is 0 Å². The summed E-state index contributed by atoms with van der Waals surface area (Å²) in [6, 6.07) is 0. The second-order valence-electron chi connectivity index (χ2n) is 1.67. The van der Waals surface area contributed by atoms with E-state index in [0.29, 0.717) is 12.4 Å². The second kappa shape index (κ2) is 8.48. The van der Waals surface area contributed by atoms with Crippen LogP contribution in [0.25, 0.3) is 0 Å². The molecule has 6 heteroatoms. The summed E-state index contributed by atoms with van der Waals surface area (Å²) in [7, 11) is 0. The first kappa shape index (κ1) is 11.4. The molecule has 0 rings (SSSR count). The molecule has 1 unspecified atom stereocenters. The fourth-order valence-electron chi connectivity index (χ4n) is 0.368. The maximum Gasteiger partial charge on any atom is 0.146 e. The molecule has 1 atom stereocenters. The molecule has 11 heavy (non-hydrogen) atoms. The third-order valence-corrected chi connectivity index (χ3v) is 1.48. The number of ether oxygens (including phenoxy) is 2. The Labute approximate surface area is 74.0 Å². The summed E-state index contributed by atoms with van der Waals surface area (Å²) in [6.07, 6.45) is 0. The van der Waals surface area contributed by atoms with E-state index in [0.717, 1.165) is 0 Å². The topological polar surface area (TPSA) is 58.6 Å². The van der Waals surface area contributed by atoms with Crippen LogP contribution in [0.3, 0.4) is 0 Å². The van der Waals surface area contributed by atoms with Crippen LogP contribution in [-0.2, 0) is 20.6 Å². The maximum atomic E-state index is 9.96. The first-order valence-electron chi connectivity index (χ1n) is 3.09. The molecule has 0 radical (unpaired) electrons. The lowest BCUT2D eigenvalue weighted by Gasteiger charge is -2.05. The summed E-state index contributed by atoms with van der Waals surface area (Å²) in [6.45, 7) is 0.837. The summed E-state index contributed by atoms with van der Waals surface area (Å²) in [5.74, 6) is 0.654. The molecule has 0 spiro atoms. The van der Waals surface area contributed by atoms with Gasteiger partial charge in [0.25, 0.3) is 0 Å². The molecule has 0 aliphatic heterocycles. The largest absolute Gasteiger partial charge is 0.772 e. The van der Waals surface area contributed by atoms with E-state index in [9.17, 15) is 8.76 Å². The highest BCUT2D eigenvalue weighted by molar-refractivity contribution is 7.80. The Morgan fingerprint density at radius 2 is 2.00 bits per heavy atom. The zero-order valence-electron chi connectivity index (χ0n) is 6.02. The molecule has 0 heterocycles. The predicted octanol–water partition coefficient (Wildman–Crippen LogP) is -0.214.